The van der Waals surface area contributed by atoms with Gasteiger partial charge < -0.3 is 15.8 Å². The molecule has 1 amide bonds. The first-order valence-electron chi connectivity index (χ1n) is 9.36. The Morgan fingerprint density at radius 1 is 1.09 bits per heavy atom. The second-order valence-electron chi connectivity index (χ2n) is 6.65. The van der Waals surface area contributed by atoms with Gasteiger partial charge in [0.25, 0.3) is 17.3 Å². The largest absolute Gasteiger partial charge is 0.435 e. The summed E-state index contributed by atoms with van der Waals surface area (Å²) in [7, 11) is 0. The molecule has 0 saturated heterocycles. The van der Waals surface area contributed by atoms with Crippen molar-refractivity contribution in [3.05, 3.63) is 99.7 Å². The van der Waals surface area contributed by atoms with Crippen LogP contribution in [0.25, 0.3) is 5.69 Å². The second kappa shape index (κ2) is 9.05. The van der Waals surface area contributed by atoms with Crippen LogP contribution in [-0.4, -0.2) is 20.4 Å². The third-order valence-electron chi connectivity index (χ3n) is 4.48. The number of halogens is 3. The Labute approximate surface area is 190 Å². The van der Waals surface area contributed by atoms with Crippen molar-refractivity contribution >= 4 is 29.0 Å². The number of nitrogens with two attached hydrogens (primary N) is 1. The van der Waals surface area contributed by atoms with E-state index in [9.17, 15) is 18.4 Å². The summed E-state index contributed by atoms with van der Waals surface area (Å²) in [4.78, 5) is 32.6. The van der Waals surface area contributed by atoms with Crippen molar-refractivity contribution in [1.82, 2.24) is 14.5 Å². The van der Waals surface area contributed by atoms with Crippen LogP contribution in [0.5, 0.6) is 11.6 Å². The van der Waals surface area contributed by atoms with Gasteiger partial charge in [-0.05, 0) is 54.6 Å². The molecule has 2 heterocycles. The highest BCUT2D eigenvalue weighted by atomic mass is 35.5. The molecule has 0 fully saturated rings. The Bertz CT molecular complexity index is 1410. The lowest BCUT2D eigenvalue weighted by molar-refractivity contribution is 0.102. The minimum atomic E-state index is -0.938. The van der Waals surface area contributed by atoms with Gasteiger partial charge in [0.15, 0.2) is 5.82 Å². The molecule has 4 rings (SSSR count). The number of hydrogen-bond donors (Lipinski definition) is 2. The van der Waals surface area contributed by atoms with E-state index in [1.165, 1.54) is 65.4 Å². The average molecular weight is 470 g/mol. The molecule has 2 aromatic heterocycles. The quantitative estimate of drug-likeness (QED) is 0.453. The van der Waals surface area contributed by atoms with Crippen LogP contribution in [0.4, 0.5) is 20.3 Å². The number of ether oxygens (including phenoxy) is 1. The number of carbonyl (C=O) groups is 1. The van der Waals surface area contributed by atoms with Gasteiger partial charge in [0.05, 0.1) is 5.02 Å². The normalized spacial score (nSPS) is 10.6. The molecule has 0 bridgehead atoms. The van der Waals surface area contributed by atoms with Gasteiger partial charge in [0.1, 0.15) is 23.5 Å². The number of anilines is 2. The first-order valence-corrected chi connectivity index (χ1v) is 9.73. The van der Waals surface area contributed by atoms with Crippen molar-refractivity contribution in [1.29, 1.82) is 0 Å². The fraction of sp³-hybridized carbons (Fsp3) is 0. The zero-order chi connectivity index (χ0) is 23.5. The van der Waals surface area contributed by atoms with Gasteiger partial charge in [0, 0.05) is 17.6 Å². The lowest BCUT2D eigenvalue weighted by Gasteiger charge is -2.11. The Hall–Kier alpha value is -4.31. The number of carbonyl (C=O) groups excluding carboxylic acids is 1. The number of hydrogen-bond acceptors (Lipinski definition) is 6. The molecule has 0 saturated carbocycles. The molecule has 11 heteroatoms. The van der Waals surface area contributed by atoms with E-state index < -0.39 is 29.0 Å². The number of aromatic nitrogens is 3. The van der Waals surface area contributed by atoms with Crippen LogP contribution in [0.15, 0.2) is 71.9 Å². The number of pyridine rings is 1. The Kier molecular flexibility index (Phi) is 6.01. The Balaban J connectivity index is 1.55. The lowest BCUT2D eigenvalue weighted by Crippen LogP contribution is -2.27. The van der Waals surface area contributed by atoms with Gasteiger partial charge in [-0.3, -0.25) is 14.2 Å². The van der Waals surface area contributed by atoms with Crippen LogP contribution < -0.4 is 21.3 Å². The van der Waals surface area contributed by atoms with Gasteiger partial charge in [0.2, 0.25) is 5.82 Å². The Morgan fingerprint density at radius 3 is 2.58 bits per heavy atom. The topological polar surface area (TPSA) is 112 Å². The predicted octanol–water partition coefficient (Wildman–Crippen LogP) is 4.19. The summed E-state index contributed by atoms with van der Waals surface area (Å²) < 4.78 is 33.7. The smallest absolute Gasteiger partial charge is 0.267 e. The van der Waals surface area contributed by atoms with Crippen LogP contribution in [0.2, 0.25) is 5.02 Å². The van der Waals surface area contributed by atoms with Crippen LogP contribution >= 0.6 is 11.6 Å². The summed E-state index contributed by atoms with van der Waals surface area (Å²) in [6, 6.07) is 12.3. The highest BCUT2D eigenvalue weighted by molar-refractivity contribution is 6.32. The number of nitrogens with one attached hydrogen (secondary N) is 1. The molecule has 8 nitrogen and oxygen atoms in total. The van der Waals surface area contributed by atoms with Gasteiger partial charge in [-0.1, -0.05) is 11.6 Å². The van der Waals surface area contributed by atoms with Gasteiger partial charge >= 0.3 is 0 Å². The predicted molar refractivity (Wildman–Crippen MR) is 118 cm³/mol. The van der Waals surface area contributed by atoms with Gasteiger partial charge in [-0.2, -0.15) is 9.37 Å². The Morgan fingerprint density at radius 2 is 1.85 bits per heavy atom. The zero-order valence-electron chi connectivity index (χ0n) is 16.6. The molecule has 0 unspecified atom stereocenters. The molecule has 3 N–H and O–H groups in total. The summed E-state index contributed by atoms with van der Waals surface area (Å²) >= 11 is 6.18. The van der Waals surface area contributed by atoms with Crippen molar-refractivity contribution in [2.45, 2.75) is 0 Å². The molecule has 4 aromatic rings. The van der Waals surface area contributed by atoms with Gasteiger partial charge in [-0.25, -0.2) is 9.37 Å². The van der Waals surface area contributed by atoms with Crippen LogP contribution in [0.1, 0.15) is 10.4 Å². The highest BCUT2D eigenvalue weighted by Gasteiger charge is 2.16. The minimum absolute atomic E-state index is 0.0427. The minimum Gasteiger partial charge on any atom is -0.435 e. The summed E-state index contributed by atoms with van der Waals surface area (Å²) in [6.07, 6.45) is 2.50. The van der Waals surface area contributed by atoms with Crippen molar-refractivity contribution < 1.29 is 18.3 Å². The van der Waals surface area contributed by atoms with E-state index in [2.05, 4.69) is 15.3 Å². The fourth-order valence-corrected chi connectivity index (χ4v) is 3.09. The van der Waals surface area contributed by atoms with E-state index in [1.807, 2.05) is 0 Å². The molecule has 0 spiro atoms. The third-order valence-corrected chi connectivity index (χ3v) is 4.77. The number of nitrogen functional groups attached to an aromatic ring is 1. The zero-order valence-corrected chi connectivity index (χ0v) is 17.4. The van der Waals surface area contributed by atoms with Crippen molar-refractivity contribution in [2.24, 2.45) is 0 Å². The molecule has 0 aliphatic heterocycles. The SMILES string of the molecule is Nc1ncnc(Oc2ccc(NC(=O)c3cccn(-c4ccc(F)cc4)c3=O)cc2Cl)c1F. The van der Waals surface area contributed by atoms with E-state index in [0.717, 1.165) is 6.33 Å². The number of amides is 1. The molecule has 0 aliphatic rings. The monoisotopic (exact) mass is 469 g/mol. The van der Waals surface area contributed by atoms with Crippen LogP contribution in [0, 0.1) is 11.6 Å². The molecular formula is C22H14ClF2N5O3. The molecule has 166 valence electrons. The molecule has 0 aliphatic carbocycles. The standard InChI is InChI=1S/C22H14ClF2N5O3/c23-16-10-13(5-8-17(16)33-21-18(25)19(26)27-11-28-21)29-20(31)15-2-1-9-30(22(15)32)14-6-3-12(24)4-7-14/h1-11H,(H,29,31)(H2,26,27,28). The maximum Gasteiger partial charge on any atom is 0.267 e. The van der Waals surface area contributed by atoms with Gasteiger partial charge in [-0.15, -0.1) is 0 Å². The van der Waals surface area contributed by atoms with Crippen molar-refractivity contribution in [2.75, 3.05) is 11.1 Å². The summed E-state index contributed by atoms with van der Waals surface area (Å²) in [6.45, 7) is 0. The van der Waals surface area contributed by atoms with E-state index in [1.54, 1.807) is 0 Å². The van der Waals surface area contributed by atoms with E-state index in [0.29, 0.717) is 5.69 Å². The van der Waals surface area contributed by atoms with E-state index in [4.69, 9.17) is 22.1 Å². The first kappa shape index (κ1) is 21.9. The summed E-state index contributed by atoms with van der Waals surface area (Å²) in [5, 5.41) is 2.61. The van der Waals surface area contributed by atoms with E-state index >= 15 is 0 Å². The molecule has 0 radical (unpaired) electrons. The number of nitrogens with zero attached hydrogens (tertiary/aromatic N) is 3. The molecular weight excluding hydrogens is 456 g/mol. The highest BCUT2D eigenvalue weighted by Crippen LogP contribution is 2.32. The lowest BCUT2D eigenvalue weighted by atomic mass is 10.2. The molecule has 2 aromatic carbocycles. The average Bonchev–Trinajstić information content (AvgIpc) is 2.79. The number of rotatable bonds is 5. The maximum atomic E-state index is 13.9. The summed E-state index contributed by atoms with van der Waals surface area (Å²) in [5.41, 5.74) is 5.31. The van der Waals surface area contributed by atoms with Crippen molar-refractivity contribution in [3.63, 3.8) is 0 Å². The third kappa shape index (κ3) is 4.65. The molecule has 33 heavy (non-hydrogen) atoms. The molecule has 0 atom stereocenters. The van der Waals surface area contributed by atoms with Crippen LogP contribution in [0.3, 0.4) is 0 Å². The van der Waals surface area contributed by atoms with Crippen LogP contribution in [-0.2, 0) is 0 Å². The summed E-state index contributed by atoms with van der Waals surface area (Å²) in [5.74, 6) is -2.80. The van der Waals surface area contributed by atoms with E-state index in [-0.39, 0.29) is 27.8 Å². The fourth-order valence-electron chi connectivity index (χ4n) is 2.87. The number of benzene rings is 2. The van der Waals surface area contributed by atoms with Crippen molar-refractivity contribution in [3.8, 4) is 17.3 Å². The first-order chi connectivity index (χ1) is 15.8. The second-order valence-corrected chi connectivity index (χ2v) is 7.06. The maximum absolute atomic E-state index is 13.9.